The van der Waals surface area contributed by atoms with Crippen molar-refractivity contribution < 1.29 is 164 Å². The van der Waals surface area contributed by atoms with Crippen LogP contribution in [0.5, 0.6) is 0 Å². The van der Waals surface area contributed by atoms with Gasteiger partial charge in [0.1, 0.15) is 0 Å². The SMILES string of the molecule is CCO[Si](CCCN(C)C)(OCC)OCC.CCO[Si](CCCN)(OC)OC.CCO[Si](CCCN)(OCC)OCC.CCO[Si](CCN(C)C)(OCC)OCC.CCO[Si](CCN)(OCC)OCC.CN(C)CCC[Si](O)(O)O.CN(C)CC[Si](O)(O)O.CO[Si](CCCN(C)C)(OC)OC.CO[Si](CCN(C)C)(OC)OC.CO[Si](CCN)(OC)OC.NCCC[Si](O)(O)O.NCC[Si](O)(O)O. The van der Waals surface area contributed by atoms with Crippen molar-refractivity contribution in [3.63, 3.8) is 0 Å². The first-order valence-electron chi connectivity index (χ1n) is 48.0. The first kappa shape index (κ1) is 165. The first-order chi connectivity index (χ1) is 64.8. The van der Waals surface area contributed by atoms with Crippen molar-refractivity contribution in [2.75, 3.05) is 327 Å². The van der Waals surface area contributed by atoms with Crippen molar-refractivity contribution in [1.82, 2.24) is 29.4 Å². The molecule has 48 nitrogen and oxygen atoms in total. The summed E-state index contributed by atoms with van der Waals surface area (Å²) < 4.78 is 131. The van der Waals surface area contributed by atoms with Crippen LogP contribution in [0.4, 0.5) is 0 Å². The van der Waals surface area contributed by atoms with Gasteiger partial charge in [0.15, 0.2) is 0 Å². The van der Waals surface area contributed by atoms with E-state index in [0.717, 1.165) is 94.7 Å². The average Bonchev–Trinajstić information content (AvgIpc) is 0.818. The summed E-state index contributed by atoms with van der Waals surface area (Å²) in [5.41, 5.74) is 31.6. The highest BCUT2D eigenvalue weighted by Gasteiger charge is 2.45. The molecule has 139 heavy (non-hydrogen) atoms. The zero-order valence-corrected chi connectivity index (χ0v) is 106. The summed E-state index contributed by atoms with van der Waals surface area (Å²) in [5.74, 6) is 0. The molecule has 0 aromatic rings. The fourth-order valence-electron chi connectivity index (χ4n) is 10.8. The highest BCUT2D eigenvalue weighted by atomic mass is 28.4. The monoisotopic (exact) mass is 2250 g/mol. The Balaban J connectivity index is -0.000000127. The van der Waals surface area contributed by atoms with E-state index >= 15 is 0 Å². The van der Waals surface area contributed by atoms with Crippen LogP contribution in [-0.4, -0.2) is 520 Å². The molecule has 0 rings (SSSR count). The topological polar surface area (TPSA) is 640 Å². The molecule has 0 heterocycles. The van der Waals surface area contributed by atoms with Crippen LogP contribution in [0.15, 0.2) is 0 Å². The van der Waals surface area contributed by atoms with Gasteiger partial charge in [-0.25, -0.2) is 0 Å². The van der Waals surface area contributed by atoms with Gasteiger partial charge in [-0.3, -0.25) is 0 Å². The summed E-state index contributed by atoms with van der Waals surface area (Å²) in [6.45, 7) is 42.0. The van der Waals surface area contributed by atoms with E-state index in [9.17, 15) is 0 Å². The maximum Gasteiger partial charge on any atom is 0.502 e. The second-order valence-corrected chi connectivity index (χ2v) is 62.5. The van der Waals surface area contributed by atoms with Crippen LogP contribution in [0.2, 0.25) is 72.5 Å². The van der Waals surface area contributed by atoms with Crippen molar-refractivity contribution in [3.05, 3.63) is 0 Å². The predicted molar refractivity (Wildman–Crippen MR) is 575 cm³/mol. The predicted octanol–water partition coefficient (Wildman–Crippen LogP) is 1.06. The molecule has 0 saturated heterocycles. The van der Waals surface area contributed by atoms with Crippen LogP contribution < -0.4 is 34.4 Å². The third-order valence-corrected chi connectivity index (χ3v) is 45.1. The van der Waals surface area contributed by atoms with Crippen LogP contribution in [0, 0.1) is 0 Å². The molecule has 0 fully saturated rings. The second-order valence-electron chi connectivity index (χ2n) is 31.1. The number of nitrogens with zero attached hydrogens (tertiary/aromatic N) is 6. The van der Waals surface area contributed by atoms with Gasteiger partial charge in [-0.2, -0.15) is 0 Å². The van der Waals surface area contributed by atoms with Crippen molar-refractivity contribution >= 4 is 106 Å². The Morgan fingerprint density at radius 3 is 0.475 bits per heavy atom. The number of rotatable bonds is 73. The smallest absolute Gasteiger partial charge is 0.390 e. The summed E-state index contributed by atoms with van der Waals surface area (Å²) in [6.07, 6.45) is 4.96. The third-order valence-electron chi connectivity index (χ3n) is 17.5. The first-order valence-corrected chi connectivity index (χ1v) is 71.6. The van der Waals surface area contributed by atoms with Gasteiger partial charge in [0.2, 0.25) is 0 Å². The molecule has 0 spiro atoms. The van der Waals surface area contributed by atoms with Crippen LogP contribution in [0.25, 0.3) is 0 Å². The molecule has 60 heteroatoms. The Kier molecular flexibility index (Phi) is 125. The minimum absolute atomic E-state index is 0.0451. The lowest BCUT2D eigenvalue weighted by Crippen LogP contribution is -2.47. The fourth-order valence-corrected chi connectivity index (χ4v) is 30.6. The molecule has 0 amide bonds. The Hall–Kier alpha value is 0.683. The van der Waals surface area contributed by atoms with Gasteiger partial charge >= 0.3 is 106 Å². The molecular formula is C79H218N12O36Si12. The summed E-state index contributed by atoms with van der Waals surface area (Å²) in [4.78, 5) is 113. The molecule has 0 radical (unpaired) electrons. The molecule has 0 aromatic carbocycles. The molecule has 0 aliphatic rings. The van der Waals surface area contributed by atoms with Gasteiger partial charge in [0.25, 0.3) is 0 Å². The van der Waals surface area contributed by atoms with Crippen molar-refractivity contribution in [3.8, 4) is 0 Å². The Labute approximate surface area is 856 Å². The standard InChI is InChI=1S/C11H27NO3Si.C10H25NO3Si.C9H23NO3Si.2C8H21NO3Si.2C7H19NO3Si.2C5H15NO3Si.C4H13NO3Si.C3H11NO3Si.C2H9NO3Si/c1-6-13-16(14-7-2,15-8-3)11-9-10-12(4)5;1-6-12-15(13-7-2,14-8-3)10-9-11(4)5;1-4-11-14(12-5-2,13-6-3)9-7-8-10;1-9(2)7-6-8-13(10-3,11-4)12-5;1-4-10-13(8-7-9,11-5-2)12-6-3;1-8(2)6-7-12(9-3,10-4)11-5;1-4-11-12(9-2,10-3)7-5-6-8;1-7-10(8-2,9-3)5-4-6;1-6(2)4-3-5-10(7,8)9;1-5(2)3-4-9(6,7)8;4-2-1-3-8(5,6)7;3-1-2-7(4,5)6/h6-11H2,1-5H3;6-10H2,1-5H3;4-10H2,1-3H3;6-8H2,1-5H3;4-9H2,1-3H3;6-7H2,1-5H3;4-8H2,1-3H3;4-6H2,1-3H3;7-9H,3-5H2,1-2H3;6-8H,3-4H2,1-2H3;5-7H,1-4H2;4-6H,1-3H2. The van der Waals surface area contributed by atoms with Gasteiger partial charge in [0, 0.05) is 256 Å². The lowest BCUT2D eigenvalue weighted by molar-refractivity contribution is 0.0689. The largest absolute Gasteiger partial charge is 0.502 e. The zero-order chi connectivity index (χ0) is 111. The zero-order valence-electron chi connectivity index (χ0n) is 93.7. The van der Waals surface area contributed by atoms with E-state index in [4.69, 9.17) is 198 Å². The number of nitrogens with two attached hydrogens (primary N) is 6. The highest BCUT2D eigenvalue weighted by molar-refractivity contribution is 6.63. The van der Waals surface area contributed by atoms with Gasteiger partial charge in [-0.05, 0) is 272 Å². The van der Waals surface area contributed by atoms with Crippen molar-refractivity contribution in [2.24, 2.45) is 34.4 Å². The van der Waals surface area contributed by atoms with Crippen molar-refractivity contribution in [2.45, 2.75) is 201 Å². The highest BCUT2D eigenvalue weighted by Crippen LogP contribution is 2.23. The maximum atomic E-state index is 8.56. The van der Waals surface area contributed by atoms with Crippen LogP contribution in [0.1, 0.15) is 129 Å². The molecule has 0 unspecified atom stereocenters. The summed E-state index contributed by atoms with van der Waals surface area (Å²) in [7, 11) is 7.63. The van der Waals surface area contributed by atoms with Gasteiger partial charge in [-0.1, -0.05) is 0 Å². The van der Waals surface area contributed by atoms with Crippen LogP contribution in [0.3, 0.4) is 0 Å². The molecule has 24 N–H and O–H groups in total. The Morgan fingerprint density at radius 2 is 0.302 bits per heavy atom. The maximum absolute atomic E-state index is 8.56. The molecule has 0 atom stereocenters. The molecule has 0 aromatic heterocycles. The van der Waals surface area contributed by atoms with E-state index in [1.165, 1.54) is 0 Å². The van der Waals surface area contributed by atoms with E-state index in [1.54, 1.807) is 97.2 Å². The van der Waals surface area contributed by atoms with E-state index in [-0.39, 0.29) is 30.7 Å². The second kappa shape index (κ2) is 106. The number of hydrogen-bond donors (Lipinski definition) is 18. The normalized spacial score (nSPS) is 12.3. The minimum Gasteiger partial charge on any atom is -0.390 e. The van der Waals surface area contributed by atoms with E-state index in [2.05, 4.69) is 47.8 Å². The van der Waals surface area contributed by atoms with Crippen LogP contribution >= 0.6 is 0 Å². The molecule has 0 saturated carbocycles. The van der Waals surface area contributed by atoms with E-state index in [1.807, 2.05) is 137 Å². The van der Waals surface area contributed by atoms with Crippen LogP contribution in [-0.2, 0) is 106 Å². The molecule has 0 aliphatic carbocycles. The summed E-state index contributed by atoms with van der Waals surface area (Å²) in [5, 5.41) is 0. The molecular weight excluding hydrogens is 2030 g/mol. The lowest BCUT2D eigenvalue weighted by Gasteiger charge is -2.29. The van der Waals surface area contributed by atoms with Gasteiger partial charge in [-0.15, -0.1) is 0 Å². The van der Waals surface area contributed by atoms with Crippen molar-refractivity contribution in [1.29, 1.82) is 0 Å². The molecule has 0 bridgehead atoms. The Bertz CT molecular complexity index is 2320. The molecule has 858 valence electrons. The lowest BCUT2D eigenvalue weighted by atomic mass is 10.5. The quantitative estimate of drug-likeness (QED) is 0.0379. The fraction of sp³-hybridized carbons (Fsp3) is 1.00. The van der Waals surface area contributed by atoms with Gasteiger partial charge < -0.3 is 228 Å². The van der Waals surface area contributed by atoms with Gasteiger partial charge in [0.05, 0.1) is 0 Å². The average molecular weight is 2250 g/mol. The Morgan fingerprint density at radius 1 is 0.158 bits per heavy atom. The van der Waals surface area contributed by atoms with E-state index in [0.29, 0.717) is 150 Å². The minimum atomic E-state index is -3.78. The van der Waals surface area contributed by atoms with E-state index < -0.39 is 106 Å². The summed E-state index contributed by atoms with van der Waals surface area (Å²) >= 11 is 0. The third kappa shape index (κ3) is 113. The number of hydrogen-bond acceptors (Lipinski definition) is 48. The summed E-state index contributed by atoms with van der Waals surface area (Å²) in [6, 6.07) is 6.61. The molecule has 0 aliphatic heterocycles.